The van der Waals surface area contributed by atoms with Crippen LogP contribution in [0.15, 0.2) is 12.2 Å². The maximum Gasteiger partial charge on any atom is 0.0684 e. The van der Waals surface area contributed by atoms with Crippen LogP contribution < -0.4 is 0 Å². The molecule has 2 bridgehead atoms. The van der Waals surface area contributed by atoms with Gasteiger partial charge < -0.3 is 9.84 Å². The Morgan fingerprint density at radius 1 is 1.13 bits per heavy atom. The fraction of sp³-hybridized carbons (Fsp3) is 0.900. The van der Waals surface area contributed by atoms with Gasteiger partial charge in [-0.2, -0.15) is 0 Å². The van der Waals surface area contributed by atoms with Gasteiger partial charge in [-0.1, -0.05) is 48.9 Å². The Hall–Kier alpha value is 0.140. The van der Waals surface area contributed by atoms with Crippen LogP contribution in [0.4, 0.5) is 0 Å². The number of fused-ring (bicyclic) bond motifs is 2. The minimum atomic E-state index is -0.579. The Morgan fingerprint density at radius 2 is 1.83 bits per heavy atom. The summed E-state index contributed by atoms with van der Waals surface area (Å²) in [5.41, 5.74) is 1.09. The molecular formula is C20H31BrO2. The highest BCUT2D eigenvalue weighted by Gasteiger charge is 2.71. The lowest BCUT2D eigenvalue weighted by atomic mass is 9.42. The third-order valence-corrected chi connectivity index (χ3v) is 9.99. The molecule has 1 saturated heterocycles. The van der Waals surface area contributed by atoms with Crippen LogP contribution in [0.5, 0.6) is 0 Å². The predicted molar refractivity (Wildman–Crippen MR) is 96.7 cm³/mol. The molecular weight excluding hydrogens is 352 g/mol. The molecule has 4 aliphatic rings. The number of hydrogen-bond donors (Lipinski definition) is 1. The number of alkyl halides is 1. The summed E-state index contributed by atoms with van der Waals surface area (Å²) in [5, 5.41) is 11.2. The maximum absolute atomic E-state index is 11.2. The molecule has 0 aromatic rings. The van der Waals surface area contributed by atoms with E-state index in [4.69, 9.17) is 4.74 Å². The summed E-state index contributed by atoms with van der Waals surface area (Å²) in [4.78, 5) is 0.470. The molecule has 0 unspecified atom stereocenters. The predicted octanol–water partition coefficient (Wildman–Crippen LogP) is 4.84. The van der Waals surface area contributed by atoms with E-state index in [-0.39, 0.29) is 22.3 Å². The Kier molecular flexibility index (Phi) is 3.35. The molecule has 0 radical (unpaired) electrons. The minimum Gasteiger partial charge on any atom is -0.390 e. The van der Waals surface area contributed by atoms with Crippen LogP contribution in [0.1, 0.15) is 66.2 Å². The highest BCUT2D eigenvalue weighted by Crippen LogP contribution is 2.72. The standard InChI is InChI=1S/C20H31BrO2/c1-12-6-7-15-17(2,3)20(12)10-13-18(4,11-16(20)23-15)14(21)8-9-19(13,5)22/h13-16,22H,1,6-11H2,2-5H3/t13-,14-,15-,16+,18-,19+,20-/m0/s1. The molecule has 0 amide bonds. The van der Waals surface area contributed by atoms with E-state index in [2.05, 4.69) is 50.2 Å². The molecule has 4 rings (SSSR count). The molecule has 130 valence electrons. The number of halogens is 1. The fourth-order valence-electron chi connectivity index (χ4n) is 6.88. The summed E-state index contributed by atoms with van der Waals surface area (Å²) in [6.07, 6.45) is 6.84. The van der Waals surface area contributed by atoms with Gasteiger partial charge in [-0.25, -0.2) is 0 Å². The van der Waals surface area contributed by atoms with Crippen molar-refractivity contribution in [1.29, 1.82) is 0 Å². The van der Waals surface area contributed by atoms with E-state index in [1.54, 1.807) is 0 Å². The molecule has 7 atom stereocenters. The third kappa shape index (κ3) is 1.83. The quantitative estimate of drug-likeness (QED) is 0.479. The van der Waals surface area contributed by atoms with Gasteiger partial charge >= 0.3 is 0 Å². The van der Waals surface area contributed by atoms with Gasteiger partial charge in [0, 0.05) is 15.7 Å². The second-order valence-electron chi connectivity index (χ2n) is 9.78. The molecule has 3 aliphatic carbocycles. The first-order valence-corrected chi connectivity index (χ1v) is 10.2. The highest BCUT2D eigenvalue weighted by atomic mass is 79.9. The van der Waals surface area contributed by atoms with Crippen LogP contribution in [0.3, 0.4) is 0 Å². The summed E-state index contributed by atoms with van der Waals surface area (Å²) < 4.78 is 6.63. The smallest absolute Gasteiger partial charge is 0.0684 e. The lowest BCUT2D eigenvalue weighted by Gasteiger charge is -2.63. The van der Waals surface area contributed by atoms with E-state index in [9.17, 15) is 5.11 Å². The molecule has 1 aliphatic heterocycles. The van der Waals surface area contributed by atoms with Crippen molar-refractivity contribution >= 4 is 15.9 Å². The van der Waals surface area contributed by atoms with Crippen molar-refractivity contribution in [3.05, 3.63) is 12.2 Å². The van der Waals surface area contributed by atoms with E-state index in [1.165, 1.54) is 5.57 Å². The van der Waals surface area contributed by atoms with Gasteiger partial charge in [-0.15, -0.1) is 0 Å². The Labute approximate surface area is 149 Å². The lowest BCUT2D eigenvalue weighted by molar-refractivity contribution is -0.160. The van der Waals surface area contributed by atoms with E-state index in [0.29, 0.717) is 16.8 Å². The van der Waals surface area contributed by atoms with Crippen LogP contribution >= 0.6 is 15.9 Å². The van der Waals surface area contributed by atoms with E-state index in [1.807, 2.05) is 0 Å². The van der Waals surface area contributed by atoms with Crippen LogP contribution in [0.2, 0.25) is 0 Å². The fourth-order valence-corrected chi connectivity index (χ4v) is 7.62. The summed E-state index contributed by atoms with van der Waals surface area (Å²) in [6, 6.07) is 0. The molecule has 1 spiro atoms. The first-order chi connectivity index (χ1) is 10.6. The van der Waals surface area contributed by atoms with Crippen molar-refractivity contribution in [2.75, 3.05) is 0 Å². The van der Waals surface area contributed by atoms with Crippen molar-refractivity contribution in [1.82, 2.24) is 0 Å². The summed E-state index contributed by atoms with van der Waals surface area (Å²) in [7, 11) is 0. The van der Waals surface area contributed by atoms with Crippen LogP contribution in [0, 0.1) is 22.2 Å². The Morgan fingerprint density at radius 3 is 2.52 bits per heavy atom. The maximum atomic E-state index is 11.2. The number of ether oxygens (including phenoxy) is 1. The molecule has 3 heteroatoms. The average Bonchev–Trinajstić information content (AvgIpc) is 2.57. The third-order valence-electron chi connectivity index (χ3n) is 8.49. The van der Waals surface area contributed by atoms with Gasteiger partial charge in [-0.05, 0) is 56.8 Å². The van der Waals surface area contributed by atoms with Crippen molar-refractivity contribution in [2.45, 2.75) is 88.9 Å². The largest absolute Gasteiger partial charge is 0.390 e. The van der Waals surface area contributed by atoms with Crippen LogP contribution in [-0.2, 0) is 4.74 Å². The second kappa shape index (κ2) is 4.65. The molecule has 4 fully saturated rings. The van der Waals surface area contributed by atoms with Crippen molar-refractivity contribution in [3.63, 3.8) is 0 Å². The summed E-state index contributed by atoms with van der Waals surface area (Å²) in [6.45, 7) is 13.7. The topological polar surface area (TPSA) is 29.5 Å². The molecule has 0 aromatic carbocycles. The van der Waals surface area contributed by atoms with Gasteiger partial charge in [0.1, 0.15) is 0 Å². The Balaban J connectivity index is 1.84. The molecule has 1 N–H and O–H groups in total. The zero-order valence-electron chi connectivity index (χ0n) is 15.0. The number of rotatable bonds is 0. The average molecular weight is 383 g/mol. The SMILES string of the molecule is C=C1CC[C@@H]2O[C@@H]3C[C@]4(C)[C@@H](Br)CC[C@@](C)(O)[C@H]4C[C@]13C2(C)C. The van der Waals surface area contributed by atoms with Crippen molar-refractivity contribution < 1.29 is 9.84 Å². The van der Waals surface area contributed by atoms with Crippen molar-refractivity contribution in [3.8, 4) is 0 Å². The van der Waals surface area contributed by atoms with Gasteiger partial charge in [0.2, 0.25) is 0 Å². The van der Waals surface area contributed by atoms with E-state index >= 15 is 0 Å². The van der Waals surface area contributed by atoms with Crippen molar-refractivity contribution in [2.24, 2.45) is 22.2 Å². The lowest BCUT2D eigenvalue weighted by Crippen LogP contribution is -2.63. The molecule has 1 heterocycles. The van der Waals surface area contributed by atoms with E-state index < -0.39 is 5.60 Å². The number of hydrogen-bond acceptors (Lipinski definition) is 2. The summed E-state index contributed by atoms with van der Waals surface area (Å²) >= 11 is 3.96. The monoisotopic (exact) mass is 382 g/mol. The van der Waals surface area contributed by atoms with Gasteiger partial charge in [-0.3, -0.25) is 0 Å². The van der Waals surface area contributed by atoms with Crippen LogP contribution in [0.25, 0.3) is 0 Å². The molecule has 3 saturated carbocycles. The van der Waals surface area contributed by atoms with Gasteiger partial charge in [0.05, 0.1) is 17.8 Å². The van der Waals surface area contributed by atoms with E-state index in [0.717, 1.165) is 38.5 Å². The van der Waals surface area contributed by atoms with Gasteiger partial charge in [0.25, 0.3) is 0 Å². The molecule has 0 aromatic heterocycles. The highest BCUT2D eigenvalue weighted by molar-refractivity contribution is 9.09. The zero-order chi connectivity index (χ0) is 16.8. The number of aliphatic hydroxyl groups is 1. The molecule has 2 nitrogen and oxygen atoms in total. The second-order valence-corrected chi connectivity index (χ2v) is 10.9. The molecule has 23 heavy (non-hydrogen) atoms. The van der Waals surface area contributed by atoms with Crippen LogP contribution in [-0.4, -0.2) is 27.7 Å². The van der Waals surface area contributed by atoms with Gasteiger partial charge in [0.15, 0.2) is 0 Å². The Bertz CT molecular complexity index is 554. The first-order valence-electron chi connectivity index (χ1n) is 9.26. The zero-order valence-corrected chi connectivity index (χ0v) is 16.6. The minimum absolute atomic E-state index is 0.0497. The normalized spacial score (nSPS) is 57.7. The summed E-state index contributed by atoms with van der Waals surface area (Å²) in [5.74, 6) is 0.306. The first kappa shape index (κ1) is 16.6.